The van der Waals surface area contributed by atoms with E-state index in [0.29, 0.717) is 17.4 Å². The molecule has 0 saturated heterocycles. The zero-order chi connectivity index (χ0) is 23.2. The van der Waals surface area contributed by atoms with Crippen molar-refractivity contribution in [1.82, 2.24) is 4.98 Å². The molecule has 0 bridgehead atoms. The van der Waals surface area contributed by atoms with Crippen LogP contribution in [0.5, 0.6) is 5.75 Å². The lowest BCUT2D eigenvalue weighted by atomic mass is 10.1. The number of carboxylic acid groups (broad SMARTS) is 1. The zero-order valence-corrected chi connectivity index (χ0v) is 19.4. The van der Waals surface area contributed by atoms with Crippen LogP contribution in [0, 0.1) is 0 Å². The van der Waals surface area contributed by atoms with E-state index < -0.39 is 5.97 Å². The lowest BCUT2D eigenvalue weighted by molar-refractivity contribution is 0.0697. The fourth-order valence-electron chi connectivity index (χ4n) is 3.24. The number of halogens is 1. The van der Waals surface area contributed by atoms with Gasteiger partial charge in [-0.1, -0.05) is 54.1 Å². The van der Waals surface area contributed by atoms with Crippen molar-refractivity contribution in [1.29, 1.82) is 0 Å². The smallest absolute Gasteiger partial charge is 0.335 e. The Kier molecular flexibility index (Phi) is 7.17. The molecule has 1 heterocycles. The van der Waals surface area contributed by atoms with Crippen molar-refractivity contribution in [3.63, 3.8) is 0 Å². The summed E-state index contributed by atoms with van der Waals surface area (Å²) in [5.41, 5.74) is 3.24. The van der Waals surface area contributed by atoms with E-state index in [1.54, 1.807) is 37.6 Å². The average Bonchev–Trinajstić information content (AvgIpc) is 2.84. The third-order valence-electron chi connectivity index (χ3n) is 4.97. The van der Waals surface area contributed by atoms with Crippen LogP contribution in [0.4, 0.5) is 5.82 Å². The molecule has 0 saturated carbocycles. The van der Waals surface area contributed by atoms with Gasteiger partial charge in [0, 0.05) is 16.7 Å². The molecular weight excluding hydrogens is 456 g/mol. The van der Waals surface area contributed by atoms with Crippen LogP contribution in [-0.2, 0) is 6.54 Å². The Morgan fingerprint density at radius 3 is 2.30 bits per heavy atom. The summed E-state index contributed by atoms with van der Waals surface area (Å²) >= 11 is 8.17. The number of anilines is 1. The Morgan fingerprint density at radius 2 is 1.70 bits per heavy atom. The highest BCUT2D eigenvalue weighted by Crippen LogP contribution is 2.36. The molecule has 0 radical (unpaired) electrons. The molecule has 0 unspecified atom stereocenters. The van der Waals surface area contributed by atoms with Crippen molar-refractivity contribution in [3.8, 4) is 16.9 Å². The number of hydrogen-bond acceptors (Lipinski definition) is 5. The number of aromatic carboxylic acids is 1. The molecule has 166 valence electrons. The quantitative estimate of drug-likeness (QED) is 0.281. The molecule has 7 heteroatoms. The predicted molar refractivity (Wildman–Crippen MR) is 133 cm³/mol. The molecule has 0 aliphatic rings. The van der Waals surface area contributed by atoms with Crippen LogP contribution < -0.4 is 9.04 Å². The van der Waals surface area contributed by atoms with Gasteiger partial charge in [-0.3, -0.25) is 4.31 Å². The van der Waals surface area contributed by atoms with E-state index in [9.17, 15) is 4.79 Å². The molecule has 0 amide bonds. The molecule has 4 rings (SSSR count). The lowest BCUT2D eigenvalue weighted by Gasteiger charge is -2.24. The number of aromatic nitrogens is 1. The number of pyridine rings is 1. The summed E-state index contributed by atoms with van der Waals surface area (Å²) in [4.78, 5) is 16.7. The molecule has 5 nitrogen and oxygen atoms in total. The van der Waals surface area contributed by atoms with Gasteiger partial charge in [-0.05, 0) is 65.5 Å². The van der Waals surface area contributed by atoms with Crippen LogP contribution in [0.1, 0.15) is 15.9 Å². The van der Waals surface area contributed by atoms with Gasteiger partial charge >= 0.3 is 5.97 Å². The third kappa shape index (κ3) is 5.66. The Hall–Kier alpha value is -3.48. The summed E-state index contributed by atoms with van der Waals surface area (Å²) in [6.45, 7) is 0.570. The highest BCUT2D eigenvalue weighted by atomic mass is 35.5. The van der Waals surface area contributed by atoms with Gasteiger partial charge in [0.15, 0.2) is 5.82 Å². The highest BCUT2D eigenvalue weighted by Gasteiger charge is 2.16. The number of carbonyl (C=O) groups is 1. The van der Waals surface area contributed by atoms with Crippen LogP contribution in [-0.4, -0.2) is 23.2 Å². The highest BCUT2D eigenvalue weighted by molar-refractivity contribution is 8.00. The van der Waals surface area contributed by atoms with Crippen molar-refractivity contribution >= 4 is 35.3 Å². The van der Waals surface area contributed by atoms with Crippen molar-refractivity contribution < 1.29 is 14.6 Å². The van der Waals surface area contributed by atoms with Crippen LogP contribution in [0.25, 0.3) is 11.1 Å². The molecule has 4 aromatic rings. The summed E-state index contributed by atoms with van der Waals surface area (Å²) in [6.07, 6.45) is 1.80. The first-order chi connectivity index (χ1) is 16.0. The second kappa shape index (κ2) is 10.4. The van der Waals surface area contributed by atoms with Gasteiger partial charge in [-0.2, -0.15) is 0 Å². The molecule has 1 N–H and O–H groups in total. The Labute approximate surface area is 201 Å². The second-order valence-electron chi connectivity index (χ2n) is 7.20. The molecular formula is C26H21ClN2O3S. The van der Waals surface area contributed by atoms with E-state index >= 15 is 0 Å². The van der Waals surface area contributed by atoms with Crippen LogP contribution >= 0.6 is 23.5 Å². The van der Waals surface area contributed by atoms with Crippen molar-refractivity contribution in [2.24, 2.45) is 0 Å². The Morgan fingerprint density at radius 1 is 1.00 bits per heavy atom. The predicted octanol–water partition coefficient (Wildman–Crippen LogP) is 6.82. The van der Waals surface area contributed by atoms with Crippen LogP contribution in [0.15, 0.2) is 96.0 Å². The maximum Gasteiger partial charge on any atom is 0.335 e. The summed E-state index contributed by atoms with van der Waals surface area (Å²) in [5, 5.41) is 9.69. The normalized spacial score (nSPS) is 10.6. The molecule has 0 atom stereocenters. The third-order valence-corrected chi connectivity index (χ3v) is 6.25. The monoisotopic (exact) mass is 476 g/mol. The number of carboxylic acids is 1. The number of ether oxygens (including phenoxy) is 1. The fourth-order valence-corrected chi connectivity index (χ4v) is 4.52. The number of nitrogens with zero attached hydrogens (tertiary/aromatic N) is 2. The Balaban J connectivity index is 1.64. The number of benzene rings is 3. The molecule has 0 aliphatic carbocycles. The van der Waals surface area contributed by atoms with Crippen molar-refractivity contribution in [2.75, 3.05) is 11.4 Å². The summed E-state index contributed by atoms with van der Waals surface area (Å²) in [7, 11) is 1.64. The molecule has 3 aromatic carbocycles. The largest absolute Gasteiger partial charge is 0.497 e. The first-order valence-corrected chi connectivity index (χ1v) is 11.3. The van der Waals surface area contributed by atoms with E-state index in [1.165, 1.54) is 11.9 Å². The molecule has 0 spiro atoms. The number of rotatable bonds is 8. The number of methoxy groups -OCH3 is 1. The molecule has 33 heavy (non-hydrogen) atoms. The molecule has 1 aromatic heterocycles. The number of hydrogen-bond donors (Lipinski definition) is 1. The SMILES string of the molecule is COc1ccc(-c2cnc(N(Cc3ccccc3)Sc3ccc(C(=O)O)cc3)c(Cl)c2)cc1. The standard InChI is InChI=1S/C26H21ClN2O3S/c1-32-22-11-7-19(8-12-22)21-15-24(27)25(28-16-21)29(17-18-5-3-2-4-6-18)33-23-13-9-20(10-14-23)26(30)31/h2-16H,17H2,1H3,(H,30,31). The van der Waals surface area contributed by atoms with Crippen molar-refractivity contribution in [3.05, 3.63) is 107 Å². The summed E-state index contributed by atoms with van der Waals surface area (Å²) < 4.78 is 7.23. The average molecular weight is 477 g/mol. The van der Waals surface area contributed by atoms with Gasteiger partial charge in [-0.15, -0.1) is 0 Å². The minimum absolute atomic E-state index is 0.244. The van der Waals surface area contributed by atoms with E-state index in [2.05, 4.69) is 4.98 Å². The van der Waals surface area contributed by atoms with E-state index in [-0.39, 0.29) is 5.56 Å². The van der Waals surface area contributed by atoms with Crippen LogP contribution in [0.3, 0.4) is 0 Å². The van der Waals surface area contributed by atoms with Gasteiger partial charge in [0.05, 0.1) is 24.2 Å². The van der Waals surface area contributed by atoms with Gasteiger partial charge in [0.2, 0.25) is 0 Å². The van der Waals surface area contributed by atoms with E-state index in [1.807, 2.05) is 65.0 Å². The van der Waals surface area contributed by atoms with Gasteiger partial charge in [-0.25, -0.2) is 9.78 Å². The second-order valence-corrected chi connectivity index (χ2v) is 8.70. The van der Waals surface area contributed by atoms with Crippen LogP contribution in [0.2, 0.25) is 5.02 Å². The van der Waals surface area contributed by atoms with E-state index in [4.69, 9.17) is 21.4 Å². The van der Waals surface area contributed by atoms with Gasteiger partial charge in [0.25, 0.3) is 0 Å². The molecule has 0 fully saturated rings. The first kappa shape index (κ1) is 22.7. The van der Waals surface area contributed by atoms with E-state index in [0.717, 1.165) is 27.3 Å². The minimum Gasteiger partial charge on any atom is -0.497 e. The van der Waals surface area contributed by atoms with Gasteiger partial charge in [0.1, 0.15) is 5.75 Å². The topological polar surface area (TPSA) is 62.7 Å². The Bertz CT molecular complexity index is 1230. The maximum absolute atomic E-state index is 11.2. The fraction of sp³-hybridized carbons (Fsp3) is 0.0769. The minimum atomic E-state index is -0.952. The molecule has 0 aliphatic heterocycles. The van der Waals surface area contributed by atoms with Crippen molar-refractivity contribution in [2.45, 2.75) is 11.4 Å². The first-order valence-electron chi connectivity index (χ1n) is 10.2. The lowest BCUT2D eigenvalue weighted by Crippen LogP contribution is -2.15. The zero-order valence-electron chi connectivity index (χ0n) is 17.8. The maximum atomic E-state index is 11.2. The summed E-state index contributed by atoms with van der Waals surface area (Å²) in [5.74, 6) is 0.463. The van der Waals surface area contributed by atoms with Gasteiger partial charge < -0.3 is 9.84 Å². The summed E-state index contributed by atoms with van der Waals surface area (Å²) in [6, 6.07) is 26.4.